The molecule has 23 heteroatoms. The molecule has 0 aromatic carbocycles. The van der Waals surface area contributed by atoms with Crippen molar-refractivity contribution in [3.05, 3.63) is 0 Å². The highest BCUT2D eigenvalue weighted by Crippen LogP contribution is 2.66. The molecule has 1 fully saturated rings. The van der Waals surface area contributed by atoms with Gasteiger partial charge in [0.25, 0.3) is 0 Å². The van der Waals surface area contributed by atoms with Crippen LogP contribution in [0.2, 0.25) is 0 Å². The molecule has 1 aliphatic heterocycles. The van der Waals surface area contributed by atoms with Gasteiger partial charge in [-0.05, 0) is 12.3 Å². The smallest absolute Gasteiger partial charge is 0.299 e. The molecule has 0 spiro atoms. The highest BCUT2D eigenvalue weighted by atomic mass is 32.3. The van der Waals surface area contributed by atoms with Crippen LogP contribution in [0.25, 0.3) is 0 Å². The van der Waals surface area contributed by atoms with Crippen molar-refractivity contribution in [1.29, 1.82) is 0 Å². The van der Waals surface area contributed by atoms with E-state index in [2.05, 4.69) is 3.63 Å². The predicted octanol–water partition coefficient (Wildman–Crippen LogP) is 7.04. The maximum Gasteiger partial charge on any atom is 0.460 e. The van der Waals surface area contributed by atoms with Gasteiger partial charge in [0.05, 0.1) is 5.75 Å². The molecule has 0 aromatic heterocycles. The van der Waals surface area contributed by atoms with E-state index in [1.165, 1.54) is 6.92 Å². The lowest BCUT2D eigenvalue weighted by Crippen LogP contribution is -2.75. The number of carbonyl (C=O) groups is 1. The van der Waals surface area contributed by atoms with E-state index in [1.807, 2.05) is 0 Å². The van der Waals surface area contributed by atoms with E-state index in [-0.39, 0.29) is 6.42 Å². The molecule has 240 valence electrons. The Hall–Kier alpha value is -1.26. The number of carbonyl (C=O) groups excluding carboxylic acids is 1. The van der Waals surface area contributed by atoms with Gasteiger partial charge in [-0.25, -0.2) is 3.63 Å². The second-order valence-electron chi connectivity index (χ2n) is 8.75. The minimum atomic E-state index is -8.91. The molecule has 2 unspecified atom stereocenters. The third-order valence-electron chi connectivity index (χ3n) is 5.63. The zero-order valence-electron chi connectivity index (χ0n) is 19.5. The van der Waals surface area contributed by atoms with Gasteiger partial charge in [-0.15, -0.1) is 10.3 Å². The molecule has 0 saturated carbocycles. The first-order chi connectivity index (χ1) is 17.3. The standard InChI is InChI=1S/C17H17F17O4S2/c1-3-9(35)7-39(5-4-8(2)6-39)38-40(36,37)17(33,34)15(28,29)13(24,25)11(20,21)10(18,19)12(22,23)14(26,27)16(30,31)32/h8H,3-7H2,1-2H3. The molecule has 0 aromatic rings. The number of rotatable bonds is 12. The molecular weight excluding hydrogens is 655 g/mol. The van der Waals surface area contributed by atoms with Crippen LogP contribution in [0, 0.1) is 5.92 Å². The van der Waals surface area contributed by atoms with Gasteiger partial charge >= 0.3 is 57.1 Å². The summed E-state index contributed by atoms with van der Waals surface area (Å²) < 4.78 is 256. The Morgan fingerprint density at radius 3 is 1.43 bits per heavy atom. The summed E-state index contributed by atoms with van der Waals surface area (Å²) in [5, 5.41) is -7.74. The van der Waals surface area contributed by atoms with Gasteiger partial charge < -0.3 is 0 Å². The third-order valence-corrected chi connectivity index (χ3v) is 11.4. The average Bonchev–Trinajstić information content (AvgIpc) is 3.10. The number of halogens is 17. The van der Waals surface area contributed by atoms with Crippen LogP contribution in [-0.4, -0.2) is 78.4 Å². The molecule has 4 nitrogen and oxygen atoms in total. The maximum atomic E-state index is 14.3. The van der Waals surface area contributed by atoms with E-state index in [0.29, 0.717) is 0 Å². The topological polar surface area (TPSA) is 60.4 Å². The van der Waals surface area contributed by atoms with E-state index < -0.39 is 103 Å². The summed E-state index contributed by atoms with van der Waals surface area (Å²) in [6.45, 7) is 2.44. The predicted molar refractivity (Wildman–Crippen MR) is 102 cm³/mol. The summed E-state index contributed by atoms with van der Waals surface area (Å²) in [6.07, 6.45) is -8.47. The molecular formula is C17H17F17O4S2. The quantitative estimate of drug-likeness (QED) is 0.209. The van der Waals surface area contributed by atoms with Crippen LogP contribution in [0.5, 0.6) is 0 Å². The van der Waals surface area contributed by atoms with E-state index >= 15 is 0 Å². The van der Waals surface area contributed by atoms with Gasteiger partial charge in [0.1, 0.15) is 5.78 Å². The van der Waals surface area contributed by atoms with Gasteiger partial charge in [0.15, 0.2) is 0 Å². The molecule has 0 aliphatic carbocycles. The second-order valence-corrected chi connectivity index (χ2v) is 13.7. The maximum absolute atomic E-state index is 14.3. The molecule has 0 amide bonds. The molecule has 40 heavy (non-hydrogen) atoms. The van der Waals surface area contributed by atoms with Crippen molar-refractivity contribution >= 4 is 26.2 Å². The van der Waals surface area contributed by atoms with Crippen molar-refractivity contribution in [2.75, 3.05) is 17.3 Å². The number of hydrogen-bond acceptors (Lipinski definition) is 4. The molecule has 1 heterocycles. The van der Waals surface area contributed by atoms with E-state index in [1.54, 1.807) is 0 Å². The summed E-state index contributed by atoms with van der Waals surface area (Å²) >= 11 is 0. The molecule has 0 bridgehead atoms. The van der Waals surface area contributed by atoms with Crippen LogP contribution in [0.3, 0.4) is 0 Å². The Bertz CT molecular complexity index is 1070. The lowest BCUT2D eigenvalue weighted by Gasteiger charge is -2.43. The largest absolute Gasteiger partial charge is 0.460 e. The molecule has 1 saturated heterocycles. The van der Waals surface area contributed by atoms with Crippen LogP contribution in [-0.2, 0) is 18.5 Å². The molecule has 0 radical (unpaired) electrons. The number of Topliss-reactive ketones (excluding diaryl/α,β-unsaturated/α-hetero) is 1. The summed E-state index contributed by atoms with van der Waals surface area (Å²) in [6, 6.07) is 0. The SMILES string of the molecule is CCC(=O)CS1(OS(=O)(=O)C(F)(F)C(F)(F)C(F)(F)C(F)(F)C(F)(F)C(F)(F)C(F)(F)C(F)(F)F)CCC(C)C1. The fourth-order valence-corrected chi connectivity index (χ4v) is 9.50. The van der Waals surface area contributed by atoms with Crippen molar-refractivity contribution in [1.82, 2.24) is 0 Å². The Kier molecular flexibility index (Phi) is 9.36. The zero-order valence-corrected chi connectivity index (χ0v) is 21.1. The van der Waals surface area contributed by atoms with Gasteiger partial charge in [-0.3, -0.25) is 4.79 Å². The van der Waals surface area contributed by atoms with Gasteiger partial charge in [-0.2, -0.15) is 83.1 Å². The molecule has 0 N–H and O–H groups in total. The van der Waals surface area contributed by atoms with Crippen LogP contribution in [0.1, 0.15) is 26.7 Å². The summed E-state index contributed by atoms with van der Waals surface area (Å²) in [5.74, 6) is -56.0. The fraction of sp³-hybridized carbons (Fsp3) is 0.941. The minimum absolute atomic E-state index is 0.132. The van der Waals surface area contributed by atoms with Crippen LogP contribution >= 0.6 is 10.3 Å². The van der Waals surface area contributed by atoms with Crippen molar-refractivity contribution in [3.63, 3.8) is 0 Å². The molecule has 2 atom stereocenters. The van der Waals surface area contributed by atoms with Crippen molar-refractivity contribution in [3.8, 4) is 0 Å². The van der Waals surface area contributed by atoms with E-state index in [0.717, 1.165) is 6.92 Å². The summed E-state index contributed by atoms with van der Waals surface area (Å²) in [4.78, 5) is 11.8. The van der Waals surface area contributed by atoms with Crippen molar-refractivity contribution in [2.45, 2.75) is 73.7 Å². The average molecular weight is 672 g/mol. The highest BCUT2D eigenvalue weighted by molar-refractivity contribution is 8.33. The number of ketones is 1. The number of alkyl halides is 17. The monoisotopic (exact) mass is 672 g/mol. The first kappa shape index (κ1) is 36.8. The van der Waals surface area contributed by atoms with E-state index in [9.17, 15) is 87.8 Å². The lowest BCUT2D eigenvalue weighted by molar-refractivity contribution is -0.458. The van der Waals surface area contributed by atoms with E-state index in [4.69, 9.17) is 0 Å². The first-order valence-electron chi connectivity index (χ1n) is 10.2. The number of hydrogen-bond donors (Lipinski definition) is 0. The van der Waals surface area contributed by atoms with Crippen LogP contribution in [0.15, 0.2) is 0 Å². The first-order valence-corrected chi connectivity index (χ1v) is 13.7. The summed E-state index contributed by atoms with van der Waals surface area (Å²) in [5.41, 5.74) is 0. The summed E-state index contributed by atoms with van der Waals surface area (Å²) in [7, 11) is -11.5. The molecule has 1 rings (SSSR count). The minimum Gasteiger partial charge on any atom is -0.299 e. The fourth-order valence-electron chi connectivity index (χ4n) is 3.25. The normalized spacial score (nSPS) is 24.6. The Labute approximate surface area is 215 Å². The lowest BCUT2D eigenvalue weighted by atomic mass is 9.91. The van der Waals surface area contributed by atoms with Crippen LogP contribution in [0.4, 0.5) is 74.6 Å². The van der Waals surface area contributed by atoms with Gasteiger partial charge in [-0.1, -0.05) is 13.8 Å². The Balaban J connectivity index is 3.70. The van der Waals surface area contributed by atoms with Crippen molar-refractivity contribution < 1.29 is 91.5 Å². The van der Waals surface area contributed by atoms with Gasteiger partial charge in [0, 0.05) is 17.9 Å². The Morgan fingerprint density at radius 2 is 1.10 bits per heavy atom. The van der Waals surface area contributed by atoms with Gasteiger partial charge in [0.2, 0.25) is 0 Å². The highest BCUT2D eigenvalue weighted by Gasteiger charge is 2.96. The Morgan fingerprint density at radius 1 is 0.725 bits per heavy atom. The second kappa shape index (κ2) is 10.2. The van der Waals surface area contributed by atoms with Crippen molar-refractivity contribution in [2.24, 2.45) is 5.92 Å². The third kappa shape index (κ3) is 5.23. The molecule has 1 aliphatic rings. The zero-order chi connectivity index (χ0) is 32.4. The van der Waals surface area contributed by atoms with Crippen LogP contribution < -0.4 is 0 Å².